The molecule has 1 aromatic carbocycles. The minimum absolute atomic E-state index is 0.314. The molecule has 0 aliphatic heterocycles. The largest absolute Gasteiger partial charge is 0.381 e. The molecule has 2 aromatic rings. The number of hydrogen-bond acceptors (Lipinski definition) is 4. The van der Waals surface area contributed by atoms with E-state index in [0.717, 1.165) is 46.6 Å². The van der Waals surface area contributed by atoms with Gasteiger partial charge in [-0.3, -0.25) is 0 Å². The zero-order valence-electron chi connectivity index (χ0n) is 12.8. The van der Waals surface area contributed by atoms with Gasteiger partial charge in [0.2, 0.25) is 0 Å². The third kappa shape index (κ3) is 3.17. The summed E-state index contributed by atoms with van der Waals surface area (Å²) in [7, 11) is 1.77. The van der Waals surface area contributed by atoms with Gasteiger partial charge < -0.3 is 15.0 Å². The molecule has 1 aliphatic rings. The molecule has 1 fully saturated rings. The Hall–Kier alpha value is -1.40. The highest BCUT2D eigenvalue weighted by Crippen LogP contribution is 2.28. The summed E-state index contributed by atoms with van der Waals surface area (Å²) in [6, 6.07) is 4.32. The highest BCUT2D eigenvalue weighted by atomic mass is 79.9. The Kier molecular flexibility index (Phi) is 4.49. The van der Waals surface area contributed by atoms with Crippen LogP contribution >= 0.6 is 15.9 Å². The van der Waals surface area contributed by atoms with Crippen molar-refractivity contribution < 1.29 is 4.74 Å². The van der Waals surface area contributed by atoms with Gasteiger partial charge in [-0.05, 0) is 50.3 Å². The molecule has 2 N–H and O–H groups in total. The maximum absolute atomic E-state index is 11.8. The molecule has 0 saturated heterocycles. The third-order valence-corrected chi connectivity index (χ3v) is 4.81. The topological polar surface area (TPSA) is 67.0 Å². The molecule has 1 aliphatic carbocycles. The summed E-state index contributed by atoms with van der Waals surface area (Å²) in [6.07, 6.45) is 4.50. The summed E-state index contributed by atoms with van der Waals surface area (Å²) in [4.78, 5) is 18.8. The van der Waals surface area contributed by atoms with E-state index >= 15 is 0 Å². The first-order valence-corrected chi connectivity index (χ1v) is 8.35. The lowest BCUT2D eigenvalue weighted by atomic mass is 9.93. The molecule has 0 bridgehead atoms. The van der Waals surface area contributed by atoms with E-state index in [-0.39, 0.29) is 5.69 Å². The van der Waals surface area contributed by atoms with Crippen molar-refractivity contribution >= 4 is 32.7 Å². The maximum atomic E-state index is 11.8. The van der Waals surface area contributed by atoms with E-state index in [0.29, 0.717) is 18.0 Å². The zero-order chi connectivity index (χ0) is 15.7. The van der Waals surface area contributed by atoms with Crippen LogP contribution in [0.5, 0.6) is 0 Å². The Morgan fingerprint density at radius 2 is 2.05 bits per heavy atom. The Bertz CT molecular complexity index is 736. The summed E-state index contributed by atoms with van der Waals surface area (Å²) in [6.45, 7) is 1.98. The molecule has 0 radical (unpaired) electrons. The van der Waals surface area contributed by atoms with Crippen LogP contribution < -0.4 is 11.0 Å². The van der Waals surface area contributed by atoms with Gasteiger partial charge in [-0.2, -0.15) is 4.98 Å². The second-order valence-electron chi connectivity index (χ2n) is 5.89. The number of methoxy groups -OCH3 is 1. The van der Waals surface area contributed by atoms with Crippen LogP contribution in [-0.4, -0.2) is 29.2 Å². The fraction of sp³-hybridized carbons (Fsp3) is 0.500. The Balaban J connectivity index is 1.92. The first-order chi connectivity index (χ1) is 10.6. The molecule has 0 amide bonds. The lowest BCUT2D eigenvalue weighted by molar-refractivity contribution is 0.0681. The van der Waals surface area contributed by atoms with Crippen molar-refractivity contribution in [3.8, 4) is 0 Å². The van der Waals surface area contributed by atoms with E-state index in [1.807, 2.05) is 19.1 Å². The van der Waals surface area contributed by atoms with E-state index < -0.39 is 0 Å². The molecule has 1 saturated carbocycles. The summed E-state index contributed by atoms with van der Waals surface area (Å²) < 4.78 is 6.39. The molecule has 22 heavy (non-hydrogen) atoms. The van der Waals surface area contributed by atoms with Crippen molar-refractivity contribution in [3.63, 3.8) is 0 Å². The number of aromatic amines is 1. The van der Waals surface area contributed by atoms with E-state index in [1.165, 1.54) is 0 Å². The van der Waals surface area contributed by atoms with Crippen molar-refractivity contribution in [1.82, 2.24) is 9.97 Å². The number of ether oxygens (including phenoxy) is 1. The van der Waals surface area contributed by atoms with Crippen molar-refractivity contribution in [2.24, 2.45) is 0 Å². The van der Waals surface area contributed by atoms with E-state index in [2.05, 4.69) is 31.2 Å². The second-order valence-corrected chi connectivity index (χ2v) is 6.81. The lowest BCUT2D eigenvalue weighted by Gasteiger charge is -2.28. The van der Waals surface area contributed by atoms with Gasteiger partial charge in [0.15, 0.2) is 0 Å². The van der Waals surface area contributed by atoms with Crippen molar-refractivity contribution in [2.45, 2.75) is 44.8 Å². The van der Waals surface area contributed by atoms with Gasteiger partial charge in [0.25, 0.3) is 0 Å². The summed E-state index contributed by atoms with van der Waals surface area (Å²) in [5.74, 6) is 0.670. The third-order valence-electron chi connectivity index (χ3n) is 4.35. The number of anilines is 1. The van der Waals surface area contributed by atoms with Crippen LogP contribution in [-0.2, 0) is 4.74 Å². The summed E-state index contributed by atoms with van der Waals surface area (Å²) in [5.41, 5.74) is 1.55. The molecular weight excluding hydrogens is 346 g/mol. The van der Waals surface area contributed by atoms with Gasteiger partial charge in [0, 0.05) is 23.0 Å². The fourth-order valence-corrected chi connectivity index (χ4v) is 3.71. The smallest absolute Gasteiger partial charge is 0.347 e. The Labute approximate surface area is 137 Å². The minimum atomic E-state index is -0.314. The molecule has 3 rings (SSSR count). The van der Waals surface area contributed by atoms with Crippen LogP contribution in [0.15, 0.2) is 21.4 Å². The minimum Gasteiger partial charge on any atom is -0.381 e. The number of rotatable bonds is 3. The number of benzene rings is 1. The number of hydrogen-bond donors (Lipinski definition) is 2. The number of halogens is 1. The van der Waals surface area contributed by atoms with Crippen LogP contribution in [0.4, 0.5) is 5.82 Å². The fourth-order valence-electron chi connectivity index (χ4n) is 3.14. The van der Waals surface area contributed by atoms with Crippen molar-refractivity contribution in [2.75, 3.05) is 12.4 Å². The van der Waals surface area contributed by atoms with Crippen LogP contribution in [0.1, 0.15) is 31.2 Å². The first kappa shape index (κ1) is 15.5. The molecule has 1 aromatic heterocycles. The quantitative estimate of drug-likeness (QED) is 0.874. The number of aromatic nitrogens is 2. The van der Waals surface area contributed by atoms with E-state index in [4.69, 9.17) is 4.74 Å². The molecule has 1 heterocycles. The van der Waals surface area contributed by atoms with Gasteiger partial charge in [-0.15, -0.1) is 0 Å². The summed E-state index contributed by atoms with van der Waals surface area (Å²) in [5, 5.41) is 4.40. The lowest BCUT2D eigenvalue weighted by Crippen LogP contribution is -2.30. The highest BCUT2D eigenvalue weighted by Gasteiger charge is 2.22. The Morgan fingerprint density at radius 1 is 1.32 bits per heavy atom. The molecule has 0 unspecified atom stereocenters. The van der Waals surface area contributed by atoms with E-state index in [9.17, 15) is 4.79 Å². The standard InChI is InChI=1S/C16H20BrN3O2/c1-9-7-10(17)8-13-14(9)19-16(21)20-15(13)18-11-3-5-12(22-2)6-4-11/h7-8,11-12H,3-6H2,1-2H3,(H2,18,19,20,21)/t11-,12+. The highest BCUT2D eigenvalue weighted by molar-refractivity contribution is 9.10. The molecule has 5 nitrogen and oxygen atoms in total. The number of fused-ring (bicyclic) bond motifs is 1. The van der Waals surface area contributed by atoms with Gasteiger partial charge in [-0.25, -0.2) is 4.79 Å². The number of nitrogens with one attached hydrogen (secondary N) is 2. The molecule has 0 atom stereocenters. The summed E-state index contributed by atoms with van der Waals surface area (Å²) >= 11 is 3.51. The molecule has 6 heteroatoms. The van der Waals surface area contributed by atoms with Gasteiger partial charge in [0.1, 0.15) is 5.82 Å². The van der Waals surface area contributed by atoms with Crippen LogP contribution in [0.3, 0.4) is 0 Å². The maximum Gasteiger partial charge on any atom is 0.347 e. The average Bonchev–Trinajstić information content (AvgIpc) is 2.49. The van der Waals surface area contributed by atoms with Crippen molar-refractivity contribution in [1.29, 1.82) is 0 Å². The van der Waals surface area contributed by atoms with Gasteiger partial charge in [0.05, 0.1) is 11.6 Å². The zero-order valence-corrected chi connectivity index (χ0v) is 14.4. The van der Waals surface area contributed by atoms with Crippen molar-refractivity contribution in [3.05, 3.63) is 32.7 Å². The van der Waals surface area contributed by atoms with Crippen LogP contribution in [0, 0.1) is 6.92 Å². The molecule has 0 spiro atoms. The number of nitrogens with zero attached hydrogens (tertiary/aromatic N) is 1. The molecular formula is C16H20BrN3O2. The average molecular weight is 366 g/mol. The predicted molar refractivity (Wildman–Crippen MR) is 91.5 cm³/mol. The van der Waals surface area contributed by atoms with Crippen LogP contribution in [0.25, 0.3) is 10.9 Å². The normalized spacial score (nSPS) is 22.0. The Morgan fingerprint density at radius 3 is 2.73 bits per heavy atom. The number of H-pyrrole nitrogens is 1. The van der Waals surface area contributed by atoms with Gasteiger partial charge in [-0.1, -0.05) is 15.9 Å². The SMILES string of the molecule is CO[C@H]1CC[C@@H](Nc2nc(=O)[nH]c3c(C)cc(Br)cc23)CC1. The molecule has 118 valence electrons. The van der Waals surface area contributed by atoms with Gasteiger partial charge >= 0.3 is 5.69 Å². The first-order valence-electron chi connectivity index (χ1n) is 7.56. The predicted octanol–water partition coefficient (Wildman–Crippen LogP) is 3.36. The second kappa shape index (κ2) is 6.38. The monoisotopic (exact) mass is 365 g/mol. The van der Waals surface area contributed by atoms with Crippen LogP contribution in [0.2, 0.25) is 0 Å². The number of aryl methyl sites for hydroxylation is 1. The van der Waals surface area contributed by atoms with E-state index in [1.54, 1.807) is 7.11 Å².